The Morgan fingerprint density at radius 1 is 0.884 bits per heavy atom. The summed E-state index contributed by atoms with van der Waals surface area (Å²) >= 11 is 0. The number of nitrogens with zero attached hydrogens (tertiary/aromatic N) is 2. The van der Waals surface area contributed by atoms with Gasteiger partial charge < -0.3 is 9.77 Å². The molecule has 3 saturated carbocycles. The third kappa shape index (κ3) is 4.70. The summed E-state index contributed by atoms with van der Waals surface area (Å²) in [6, 6.07) is 20.0. The van der Waals surface area contributed by atoms with Crippen LogP contribution in [-0.2, 0) is 19.4 Å². The van der Waals surface area contributed by atoms with Gasteiger partial charge in [-0.3, -0.25) is 0 Å². The second kappa shape index (κ2) is 11.1. The van der Waals surface area contributed by atoms with Crippen molar-refractivity contribution >= 4 is 16.6 Å². The van der Waals surface area contributed by atoms with E-state index in [2.05, 4.69) is 98.9 Å². The van der Waals surface area contributed by atoms with Crippen LogP contribution in [0.2, 0.25) is 0 Å². The molecule has 8 atom stereocenters. The maximum Gasteiger partial charge on any atom is 0.0614 e. The molecule has 1 heterocycles. The van der Waals surface area contributed by atoms with Crippen molar-refractivity contribution < 1.29 is 5.21 Å². The molecule has 3 heteroatoms. The maximum atomic E-state index is 10.6. The van der Waals surface area contributed by atoms with E-state index in [4.69, 9.17) is 0 Å². The number of benzene rings is 2. The van der Waals surface area contributed by atoms with E-state index < -0.39 is 0 Å². The molecule has 0 bridgehead atoms. The first-order chi connectivity index (χ1) is 20.7. The monoisotopic (exact) mass is 578 g/mol. The van der Waals surface area contributed by atoms with E-state index in [1.54, 1.807) is 5.56 Å². The van der Waals surface area contributed by atoms with E-state index in [1.807, 2.05) is 0 Å². The van der Waals surface area contributed by atoms with E-state index in [1.165, 1.54) is 67.1 Å². The summed E-state index contributed by atoms with van der Waals surface area (Å²) in [4.78, 5) is 0. The van der Waals surface area contributed by atoms with E-state index >= 15 is 0 Å². The molecule has 3 fully saturated rings. The first-order valence-corrected chi connectivity index (χ1v) is 17.6. The van der Waals surface area contributed by atoms with Gasteiger partial charge in [0.25, 0.3) is 0 Å². The normalized spacial score (nSPS) is 35.0. The van der Waals surface area contributed by atoms with E-state index in [0.29, 0.717) is 23.2 Å². The molecular formula is C40H54N2O. The minimum atomic E-state index is 0.140. The van der Waals surface area contributed by atoms with Crippen molar-refractivity contribution in [2.45, 2.75) is 105 Å². The van der Waals surface area contributed by atoms with Gasteiger partial charge in [-0.25, -0.2) is 0 Å². The Morgan fingerprint density at radius 2 is 1.63 bits per heavy atom. The molecule has 0 radical (unpaired) electrons. The van der Waals surface area contributed by atoms with Crippen LogP contribution in [0.25, 0.3) is 10.9 Å². The fraction of sp³-hybridized carbons (Fsp3) is 0.625. The highest BCUT2D eigenvalue weighted by atomic mass is 16.4. The van der Waals surface area contributed by atoms with E-state index in [0.717, 1.165) is 55.2 Å². The molecule has 1 aromatic heterocycles. The summed E-state index contributed by atoms with van der Waals surface area (Å²) in [5.74, 6) is 4.92. The number of rotatable bonds is 7. The topological polar surface area (TPSA) is 37.5 Å². The zero-order chi connectivity index (χ0) is 29.9. The zero-order valence-corrected chi connectivity index (χ0v) is 27.4. The second-order valence-corrected chi connectivity index (χ2v) is 16.2. The number of hydrogen-bond donors (Lipinski definition) is 1. The standard InChI is InChI=1S/C40H54N2O/c1-26(2)12-11-13-27(3)32-18-19-33-30-22-36(41-43)35-23-38-31(24-40(35,5)34(30)20-21-39(32,33)4)29-16-9-10-17-37(29)42(38)25-28-14-7-6-8-15-28/h6-10,14-17,26-27,30,32-35,43H,11-13,18-25H2,1-5H3/b41-36+/t27-,30+,32-,33+,34+,35-,39-,40-/m1/s1. The molecule has 4 aliphatic carbocycles. The van der Waals surface area contributed by atoms with Crippen LogP contribution in [0.5, 0.6) is 0 Å². The minimum Gasteiger partial charge on any atom is -0.411 e. The fourth-order valence-electron chi connectivity index (χ4n) is 11.5. The molecule has 43 heavy (non-hydrogen) atoms. The van der Waals surface area contributed by atoms with Gasteiger partial charge in [0.05, 0.1) is 5.71 Å². The lowest BCUT2D eigenvalue weighted by molar-refractivity contribution is -0.0715. The van der Waals surface area contributed by atoms with Gasteiger partial charge in [0, 0.05) is 29.1 Å². The van der Waals surface area contributed by atoms with Gasteiger partial charge in [0.1, 0.15) is 0 Å². The second-order valence-electron chi connectivity index (χ2n) is 16.2. The van der Waals surface area contributed by atoms with Crippen LogP contribution >= 0.6 is 0 Å². The minimum absolute atomic E-state index is 0.140. The van der Waals surface area contributed by atoms with Gasteiger partial charge in [0.15, 0.2) is 0 Å². The van der Waals surface area contributed by atoms with Gasteiger partial charge in [0.2, 0.25) is 0 Å². The summed E-state index contributed by atoms with van der Waals surface area (Å²) < 4.78 is 2.58. The SMILES string of the molecule is CC(C)CCC[C@@H](C)[C@H]1CC[C@H]2[C@@H]3C/C(=N\O)[C@H]4Cc5c(c6ccccc6n5Cc5ccccc5)C[C@]4(C)[C@H]3CC[C@]12C. The lowest BCUT2D eigenvalue weighted by Gasteiger charge is -2.60. The predicted octanol–water partition coefficient (Wildman–Crippen LogP) is 10.2. The van der Waals surface area contributed by atoms with Gasteiger partial charge in [-0.1, -0.05) is 108 Å². The summed E-state index contributed by atoms with van der Waals surface area (Å²) in [5.41, 5.74) is 7.43. The Hall–Kier alpha value is -2.55. The van der Waals surface area contributed by atoms with Crippen LogP contribution in [0, 0.1) is 52.3 Å². The molecule has 3 nitrogen and oxygen atoms in total. The molecular weight excluding hydrogens is 524 g/mol. The average molecular weight is 579 g/mol. The van der Waals surface area contributed by atoms with Crippen LogP contribution < -0.4 is 0 Å². The Kier molecular flexibility index (Phi) is 7.54. The lowest BCUT2D eigenvalue weighted by atomic mass is 9.44. The lowest BCUT2D eigenvalue weighted by Crippen LogP contribution is -2.57. The molecule has 0 aliphatic heterocycles. The van der Waals surface area contributed by atoms with Crippen molar-refractivity contribution in [2.75, 3.05) is 0 Å². The molecule has 1 N–H and O–H groups in total. The third-order valence-electron chi connectivity index (χ3n) is 13.6. The van der Waals surface area contributed by atoms with Gasteiger partial charge in [-0.2, -0.15) is 0 Å². The van der Waals surface area contributed by atoms with Crippen molar-refractivity contribution in [3.05, 3.63) is 71.4 Å². The quantitative estimate of drug-likeness (QED) is 0.220. The van der Waals surface area contributed by atoms with Crippen LogP contribution in [0.15, 0.2) is 59.8 Å². The molecule has 0 unspecified atom stereocenters. The molecule has 0 saturated heterocycles. The number of aromatic nitrogens is 1. The first kappa shape index (κ1) is 29.2. The van der Waals surface area contributed by atoms with E-state index in [-0.39, 0.29) is 5.41 Å². The fourth-order valence-corrected chi connectivity index (χ4v) is 11.5. The van der Waals surface area contributed by atoms with Crippen LogP contribution in [0.4, 0.5) is 0 Å². The third-order valence-corrected chi connectivity index (χ3v) is 13.6. The highest BCUT2D eigenvalue weighted by Gasteiger charge is 2.62. The maximum absolute atomic E-state index is 10.6. The van der Waals surface area contributed by atoms with Crippen molar-refractivity contribution in [3.63, 3.8) is 0 Å². The van der Waals surface area contributed by atoms with Crippen molar-refractivity contribution in [2.24, 2.45) is 57.4 Å². The summed E-state index contributed by atoms with van der Waals surface area (Å²) in [5, 5.41) is 16.2. The Labute approximate surface area is 260 Å². The number of para-hydroxylation sites is 1. The van der Waals surface area contributed by atoms with E-state index in [9.17, 15) is 5.21 Å². The zero-order valence-electron chi connectivity index (χ0n) is 27.4. The van der Waals surface area contributed by atoms with Crippen LogP contribution in [0.1, 0.15) is 103 Å². The first-order valence-electron chi connectivity index (χ1n) is 17.6. The number of hydrogen-bond acceptors (Lipinski definition) is 2. The summed E-state index contributed by atoms with van der Waals surface area (Å²) in [7, 11) is 0. The highest BCUT2D eigenvalue weighted by molar-refractivity contribution is 5.91. The Balaban J connectivity index is 1.22. The molecule has 230 valence electrons. The van der Waals surface area contributed by atoms with Crippen molar-refractivity contribution in [1.29, 1.82) is 0 Å². The van der Waals surface area contributed by atoms with Gasteiger partial charge in [-0.05, 0) is 108 Å². The summed E-state index contributed by atoms with van der Waals surface area (Å²) in [6.07, 6.45) is 12.7. The molecule has 7 rings (SSSR count). The largest absolute Gasteiger partial charge is 0.411 e. The molecule has 3 aromatic rings. The molecule has 0 amide bonds. The Morgan fingerprint density at radius 3 is 2.40 bits per heavy atom. The van der Waals surface area contributed by atoms with Crippen molar-refractivity contribution in [3.8, 4) is 0 Å². The summed E-state index contributed by atoms with van der Waals surface area (Å²) in [6.45, 7) is 13.5. The average Bonchev–Trinajstić information content (AvgIpc) is 3.50. The smallest absolute Gasteiger partial charge is 0.0614 e. The molecule has 4 aliphatic rings. The number of fused-ring (bicyclic) bond motifs is 8. The predicted molar refractivity (Wildman–Crippen MR) is 179 cm³/mol. The van der Waals surface area contributed by atoms with Crippen LogP contribution in [0.3, 0.4) is 0 Å². The Bertz CT molecular complexity index is 1480. The van der Waals surface area contributed by atoms with Crippen molar-refractivity contribution in [1.82, 2.24) is 4.57 Å². The van der Waals surface area contributed by atoms with Crippen LogP contribution in [-0.4, -0.2) is 15.5 Å². The molecule has 0 spiro atoms. The molecule has 2 aromatic carbocycles. The van der Waals surface area contributed by atoms with Gasteiger partial charge in [-0.15, -0.1) is 0 Å². The number of oxime groups is 1. The van der Waals surface area contributed by atoms with Gasteiger partial charge >= 0.3 is 0 Å². The highest BCUT2D eigenvalue weighted by Crippen LogP contribution is 2.67.